The van der Waals surface area contributed by atoms with Gasteiger partial charge >= 0.3 is 0 Å². The molecule has 0 aliphatic heterocycles. The first-order chi connectivity index (χ1) is 3.83. The quantitative estimate of drug-likeness (QED) is 0.494. The van der Waals surface area contributed by atoms with Crippen LogP contribution in [0, 0.1) is 11.3 Å². The van der Waals surface area contributed by atoms with E-state index in [9.17, 15) is 0 Å². The van der Waals surface area contributed by atoms with Crippen LogP contribution in [0.2, 0.25) is 0 Å². The van der Waals surface area contributed by atoms with Crippen LogP contribution in [0.3, 0.4) is 0 Å². The molecule has 1 rings (SSSR count). The SMILES string of the molecule is N#CC1=CC[C@H](O)C1. The number of nitrogens with zero attached hydrogens (tertiary/aromatic N) is 1. The molecular formula is C6H7NO. The van der Waals surface area contributed by atoms with Gasteiger partial charge in [0.25, 0.3) is 0 Å². The molecule has 0 aromatic rings. The van der Waals surface area contributed by atoms with E-state index >= 15 is 0 Å². The highest BCUT2D eigenvalue weighted by Gasteiger charge is 2.12. The van der Waals surface area contributed by atoms with Gasteiger partial charge in [-0.3, -0.25) is 0 Å². The smallest absolute Gasteiger partial charge is 0.0944 e. The van der Waals surface area contributed by atoms with E-state index in [0.717, 1.165) is 5.57 Å². The van der Waals surface area contributed by atoms with Crippen molar-refractivity contribution in [3.63, 3.8) is 0 Å². The second-order valence-corrected chi connectivity index (χ2v) is 1.93. The number of aliphatic hydroxyl groups excluding tert-OH is 1. The average Bonchev–Trinajstić information content (AvgIpc) is 2.14. The van der Waals surface area contributed by atoms with Gasteiger partial charge in [-0.2, -0.15) is 5.26 Å². The molecule has 1 aliphatic rings. The molecule has 0 saturated heterocycles. The maximum Gasteiger partial charge on any atom is 0.0944 e. The van der Waals surface area contributed by atoms with Crippen LogP contribution in [0.1, 0.15) is 12.8 Å². The van der Waals surface area contributed by atoms with Crippen LogP contribution in [0.4, 0.5) is 0 Å². The highest BCUT2D eigenvalue weighted by molar-refractivity contribution is 5.25. The summed E-state index contributed by atoms with van der Waals surface area (Å²) in [6.45, 7) is 0. The molecule has 1 atom stereocenters. The number of rotatable bonds is 0. The fraction of sp³-hybridized carbons (Fsp3) is 0.500. The fourth-order valence-corrected chi connectivity index (χ4v) is 0.790. The Hall–Kier alpha value is -0.810. The predicted molar refractivity (Wildman–Crippen MR) is 28.9 cm³/mol. The van der Waals surface area contributed by atoms with Gasteiger partial charge in [0.05, 0.1) is 12.2 Å². The second kappa shape index (κ2) is 1.97. The highest BCUT2D eigenvalue weighted by Crippen LogP contribution is 2.16. The minimum absolute atomic E-state index is 0.287. The third-order valence-corrected chi connectivity index (χ3v) is 1.24. The van der Waals surface area contributed by atoms with E-state index < -0.39 is 0 Å². The Labute approximate surface area is 48.1 Å². The van der Waals surface area contributed by atoms with Crippen molar-refractivity contribution in [3.8, 4) is 6.07 Å². The Morgan fingerprint density at radius 3 is 2.88 bits per heavy atom. The Morgan fingerprint density at radius 1 is 1.88 bits per heavy atom. The van der Waals surface area contributed by atoms with Crippen molar-refractivity contribution in [1.29, 1.82) is 5.26 Å². The van der Waals surface area contributed by atoms with Crippen molar-refractivity contribution in [2.75, 3.05) is 0 Å². The third-order valence-electron chi connectivity index (χ3n) is 1.24. The van der Waals surface area contributed by atoms with Gasteiger partial charge < -0.3 is 5.11 Å². The maximum atomic E-state index is 8.83. The molecule has 0 heterocycles. The molecule has 0 aromatic carbocycles. The van der Waals surface area contributed by atoms with E-state index in [1.807, 2.05) is 6.07 Å². The van der Waals surface area contributed by atoms with Crippen LogP contribution < -0.4 is 0 Å². The zero-order valence-electron chi connectivity index (χ0n) is 4.46. The van der Waals surface area contributed by atoms with Crippen LogP contribution in [0.15, 0.2) is 11.6 Å². The van der Waals surface area contributed by atoms with Crippen molar-refractivity contribution < 1.29 is 5.11 Å². The Balaban J connectivity index is 2.53. The van der Waals surface area contributed by atoms with E-state index in [1.54, 1.807) is 6.08 Å². The molecular weight excluding hydrogens is 102 g/mol. The number of aliphatic hydroxyl groups is 1. The van der Waals surface area contributed by atoms with Crippen molar-refractivity contribution in [1.82, 2.24) is 0 Å². The van der Waals surface area contributed by atoms with Crippen molar-refractivity contribution >= 4 is 0 Å². The predicted octanol–water partition coefficient (Wildman–Crippen LogP) is 0.591. The topological polar surface area (TPSA) is 44.0 Å². The van der Waals surface area contributed by atoms with Gasteiger partial charge in [-0.05, 0) is 6.42 Å². The van der Waals surface area contributed by atoms with Crippen LogP contribution in [-0.4, -0.2) is 11.2 Å². The summed E-state index contributed by atoms with van der Waals surface area (Å²) >= 11 is 0. The standard InChI is InChI=1S/C6H7NO/c7-4-5-1-2-6(8)3-5/h1,6,8H,2-3H2/t6-/m0/s1. The molecule has 0 bridgehead atoms. The van der Waals surface area contributed by atoms with Gasteiger partial charge in [-0.15, -0.1) is 0 Å². The van der Waals surface area contributed by atoms with Crippen LogP contribution in [0.25, 0.3) is 0 Å². The molecule has 0 fully saturated rings. The molecule has 0 aromatic heterocycles. The summed E-state index contributed by atoms with van der Waals surface area (Å²) in [5.74, 6) is 0. The summed E-state index contributed by atoms with van der Waals surface area (Å²) in [5.41, 5.74) is 0.720. The molecule has 2 nitrogen and oxygen atoms in total. The fourth-order valence-electron chi connectivity index (χ4n) is 0.790. The van der Waals surface area contributed by atoms with Crippen molar-refractivity contribution in [2.24, 2.45) is 0 Å². The monoisotopic (exact) mass is 109 g/mol. The van der Waals surface area contributed by atoms with Crippen LogP contribution in [0.5, 0.6) is 0 Å². The largest absolute Gasteiger partial charge is 0.392 e. The zero-order chi connectivity index (χ0) is 5.98. The Kier molecular flexibility index (Phi) is 1.32. The van der Waals surface area contributed by atoms with Gasteiger partial charge in [0.2, 0.25) is 0 Å². The molecule has 8 heavy (non-hydrogen) atoms. The summed E-state index contributed by atoms with van der Waals surface area (Å²) in [5, 5.41) is 17.1. The van der Waals surface area contributed by atoms with Gasteiger partial charge in [0.1, 0.15) is 0 Å². The van der Waals surface area contributed by atoms with Crippen molar-refractivity contribution in [3.05, 3.63) is 11.6 Å². The van der Waals surface area contributed by atoms with Gasteiger partial charge in [0, 0.05) is 12.0 Å². The number of nitriles is 1. The van der Waals surface area contributed by atoms with Crippen LogP contribution >= 0.6 is 0 Å². The first kappa shape index (κ1) is 5.33. The van der Waals surface area contributed by atoms with Gasteiger partial charge in [0.15, 0.2) is 0 Å². The molecule has 0 amide bonds. The Morgan fingerprint density at radius 2 is 2.62 bits per heavy atom. The first-order valence-electron chi connectivity index (χ1n) is 2.60. The number of hydrogen-bond acceptors (Lipinski definition) is 2. The molecule has 0 radical (unpaired) electrons. The molecule has 42 valence electrons. The van der Waals surface area contributed by atoms with E-state index in [4.69, 9.17) is 10.4 Å². The van der Waals surface area contributed by atoms with Gasteiger partial charge in [-0.25, -0.2) is 0 Å². The highest BCUT2D eigenvalue weighted by atomic mass is 16.3. The second-order valence-electron chi connectivity index (χ2n) is 1.93. The molecule has 2 heteroatoms. The normalized spacial score (nSPS) is 27.0. The summed E-state index contributed by atoms with van der Waals surface area (Å²) in [4.78, 5) is 0. The van der Waals surface area contributed by atoms with E-state index in [2.05, 4.69) is 0 Å². The number of hydrogen-bond donors (Lipinski definition) is 1. The molecule has 1 aliphatic carbocycles. The van der Waals surface area contributed by atoms with Crippen LogP contribution in [-0.2, 0) is 0 Å². The minimum atomic E-state index is -0.287. The zero-order valence-corrected chi connectivity index (χ0v) is 4.46. The summed E-state index contributed by atoms with van der Waals surface area (Å²) in [6, 6.07) is 2.00. The lowest BCUT2D eigenvalue weighted by molar-refractivity contribution is 0.188. The minimum Gasteiger partial charge on any atom is -0.392 e. The molecule has 1 N–H and O–H groups in total. The average molecular weight is 109 g/mol. The summed E-state index contributed by atoms with van der Waals surface area (Å²) in [6.07, 6.45) is 2.70. The lowest BCUT2D eigenvalue weighted by Gasteiger charge is -1.93. The first-order valence-corrected chi connectivity index (χ1v) is 2.60. The van der Waals surface area contributed by atoms with Gasteiger partial charge in [-0.1, -0.05) is 6.08 Å². The Bertz CT molecular complexity index is 154. The summed E-state index contributed by atoms with van der Waals surface area (Å²) in [7, 11) is 0. The van der Waals surface area contributed by atoms with E-state index in [0.29, 0.717) is 12.8 Å². The molecule has 0 unspecified atom stereocenters. The molecule has 0 spiro atoms. The van der Waals surface area contributed by atoms with E-state index in [1.165, 1.54) is 0 Å². The third kappa shape index (κ3) is 0.877. The lowest BCUT2D eigenvalue weighted by atomic mass is 10.2. The van der Waals surface area contributed by atoms with Crippen molar-refractivity contribution in [2.45, 2.75) is 18.9 Å². The maximum absolute atomic E-state index is 8.83. The lowest BCUT2D eigenvalue weighted by Crippen LogP contribution is -1.97. The summed E-state index contributed by atoms with van der Waals surface area (Å²) < 4.78 is 0. The molecule has 0 saturated carbocycles. The van der Waals surface area contributed by atoms with E-state index in [-0.39, 0.29) is 6.10 Å².